The Kier molecular flexibility index (Phi) is 1.87. The summed E-state index contributed by atoms with van der Waals surface area (Å²) in [5, 5.41) is 2.78. The van der Waals surface area contributed by atoms with Crippen LogP contribution in [-0.4, -0.2) is 5.87 Å². The van der Waals surface area contributed by atoms with Crippen LogP contribution in [0.4, 0.5) is 15.8 Å². The van der Waals surface area contributed by atoms with Crippen molar-refractivity contribution in [3.8, 4) is 0 Å². The van der Waals surface area contributed by atoms with Gasteiger partial charge in [0.05, 0.1) is 11.9 Å². The first-order chi connectivity index (χ1) is 6.31. The number of hydrogen-bond acceptors (Lipinski definition) is 2. The summed E-state index contributed by atoms with van der Waals surface area (Å²) in [7, 11) is 0. The lowest BCUT2D eigenvalue weighted by atomic mass is 10.1. The minimum atomic E-state index is -0.254. The SMILES string of the molecule is CCc1cc(F)c2c(c1)N=C=CN2. The third-order valence-corrected chi connectivity index (χ3v) is 2.00. The summed E-state index contributed by atoms with van der Waals surface area (Å²) in [5.74, 6) is 2.39. The molecule has 1 aliphatic heterocycles. The molecular formula is C10H9FN2. The van der Waals surface area contributed by atoms with Crippen LogP contribution in [0.25, 0.3) is 0 Å². The van der Waals surface area contributed by atoms with E-state index in [2.05, 4.69) is 16.2 Å². The normalized spacial score (nSPS) is 12.5. The van der Waals surface area contributed by atoms with Gasteiger partial charge in [-0.3, -0.25) is 0 Å². The minimum absolute atomic E-state index is 0.254. The number of rotatable bonds is 1. The van der Waals surface area contributed by atoms with E-state index in [1.54, 1.807) is 0 Å². The Bertz CT molecular complexity index is 404. The Morgan fingerprint density at radius 2 is 2.38 bits per heavy atom. The molecule has 0 aliphatic carbocycles. The smallest absolute Gasteiger partial charge is 0.149 e. The summed E-state index contributed by atoms with van der Waals surface area (Å²) in [5.41, 5.74) is 2.01. The Balaban J connectivity index is 2.60. The molecule has 0 amide bonds. The molecule has 0 spiro atoms. The molecule has 0 saturated carbocycles. The van der Waals surface area contributed by atoms with Gasteiger partial charge in [-0.05, 0) is 24.1 Å². The van der Waals surface area contributed by atoms with Gasteiger partial charge in [-0.25, -0.2) is 9.38 Å². The van der Waals surface area contributed by atoms with Gasteiger partial charge in [0.25, 0.3) is 0 Å². The van der Waals surface area contributed by atoms with Crippen molar-refractivity contribution in [3.63, 3.8) is 0 Å². The maximum atomic E-state index is 13.3. The predicted molar refractivity (Wildman–Crippen MR) is 51.1 cm³/mol. The number of fused-ring (bicyclic) bond motifs is 1. The lowest BCUT2D eigenvalue weighted by Gasteiger charge is -2.09. The zero-order valence-corrected chi connectivity index (χ0v) is 7.26. The second kappa shape index (κ2) is 3.04. The predicted octanol–water partition coefficient (Wildman–Crippen LogP) is 2.63. The van der Waals surface area contributed by atoms with E-state index in [1.165, 1.54) is 12.3 Å². The molecule has 0 fully saturated rings. The van der Waals surface area contributed by atoms with E-state index >= 15 is 0 Å². The number of aliphatic imine (C=N–C) groups is 1. The van der Waals surface area contributed by atoms with Crippen molar-refractivity contribution in [2.45, 2.75) is 13.3 Å². The second-order valence-electron chi connectivity index (χ2n) is 2.85. The van der Waals surface area contributed by atoms with Crippen LogP contribution in [0.2, 0.25) is 0 Å². The highest BCUT2D eigenvalue weighted by molar-refractivity contribution is 5.78. The summed E-state index contributed by atoms with van der Waals surface area (Å²) in [6, 6.07) is 3.39. The summed E-state index contributed by atoms with van der Waals surface area (Å²) in [6.45, 7) is 1.98. The van der Waals surface area contributed by atoms with Crippen molar-refractivity contribution in [3.05, 3.63) is 29.7 Å². The van der Waals surface area contributed by atoms with E-state index in [0.717, 1.165) is 12.0 Å². The molecule has 0 bridgehead atoms. The Morgan fingerprint density at radius 1 is 1.54 bits per heavy atom. The molecule has 1 aromatic carbocycles. The molecule has 0 radical (unpaired) electrons. The monoisotopic (exact) mass is 176 g/mol. The van der Waals surface area contributed by atoms with Gasteiger partial charge in [-0.1, -0.05) is 6.92 Å². The van der Waals surface area contributed by atoms with Gasteiger partial charge >= 0.3 is 0 Å². The molecule has 1 aromatic rings. The number of halogens is 1. The van der Waals surface area contributed by atoms with Crippen LogP contribution in [0.3, 0.4) is 0 Å². The molecule has 1 aliphatic rings. The number of nitrogens with zero attached hydrogens (tertiary/aromatic N) is 1. The van der Waals surface area contributed by atoms with Crippen LogP contribution in [0.5, 0.6) is 0 Å². The van der Waals surface area contributed by atoms with Gasteiger partial charge < -0.3 is 5.32 Å². The van der Waals surface area contributed by atoms with Crippen molar-refractivity contribution < 1.29 is 4.39 Å². The van der Waals surface area contributed by atoms with Gasteiger partial charge in [0.15, 0.2) is 0 Å². The second-order valence-corrected chi connectivity index (χ2v) is 2.85. The molecule has 1 heterocycles. The van der Waals surface area contributed by atoms with Gasteiger partial charge in [-0.2, -0.15) is 0 Å². The molecule has 13 heavy (non-hydrogen) atoms. The standard InChI is InChI=1S/C10H9FN2/c1-2-7-5-8(11)10-9(6-7)12-3-4-13-10/h4-6,13H,2H2,1H3. The average Bonchev–Trinajstić information content (AvgIpc) is 2.18. The van der Waals surface area contributed by atoms with E-state index in [0.29, 0.717) is 11.4 Å². The van der Waals surface area contributed by atoms with Gasteiger partial charge in [0.1, 0.15) is 11.5 Å². The Morgan fingerprint density at radius 3 is 3.15 bits per heavy atom. The Hall–Kier alpha value is -1.60. The number of benzene rings is 1. The molecular weight excluding hydrogens is 167 g/mol. The number of hydrogen-bond donors (Lipinski definition) is 1. The van der Waals surface area contributed by atoms with Gasteiger partial charge in [-0.15, -0.1) is 0 Å². The summed E-state index contributed by atoms with van der Waals surface area (Å²) in [6.07, 6.45) is 2.31. The van der Waals surface area contributed by atoms with Crippen molar-refractivity contribution in [1.82, 2.24) is 0 Å². The summed E-state index contributed by atoms with van der Waals surface area (Å²) < 4.78 is 13.3. The highest BCUT2D eigenvalue weighted by atomic mass is 19.1. The maximum absolute atomic E-state index is 13.3. The molecule has 0 aromatic heterocycles. The van der Waals surface area contributed by atoms with Gasteiger partial charge in [0.2, 0.25) is 0 Å². The van der Waals surface area contributed by atoms with Crippen LogP contribution in [0.15, 0.2) is 23.3 Å². The molecule has 2 rings (SSSR count). The largest absolute Gasteiger partial charge is 0.350 e. The zero-order valence-electron chi connectivity index (χ0n) is 7.26. The van der Waals surface area contributed by atoms with Crippen molar-refractivity contribution in [1.29, 1.82) is 0 Å². The first kappa shape index (κ1) is 8.02. The average molecular weight is 176 g/mol. The molecule has 3 heteroatoms. The highest BCUT2D eigenvalue weighted by Gasteiger charge is 2.10. The van der Waals surface area contributed by atoms with Crippen LogP contribution in [0, 0.1) is 5.82 Å². The van der Waals surface area contributed by atoms with E-state index in [-0.39, 0.29) is 5.82 Å². The van der Waals surface area contributed by atoms with Gasteiger partial charge in [0, 0.05) is 5.87 Å². The fourth-order valence-corrected chi connectivity index (χ4v) is 1.29. The van der Waals surface area contributed by atoms with E-state index in [4.69, 9.17) is 0 Å². The van der Waals surface area contributed by atoms with E-state index in [1.807, 2.05) is 13.0 Å². The van der Waals surface area contributed by atoms with Crippen molar-refractivity contribution >= 4 is 17.2 Å². The quantitative estimate of drug-likeness (QED) is 0.698. The van der Waals surface area contributed by atoms with Crippen molar-refractivity contribution in [2.75, 3.05) is 5.32 Å². The fraction of sp³-hybridized carbons (Fsp3) is 0.200. The van der Waals surface area contributed by atoms with E-state index < -0.39 is 0 Å². The van der Waals surface area contributed by atoms with Crippen LogP contribution < -0.4 is 5.32 Å². The molecule has 66 valence electrons. The first-order valence-electron chi connectivity index (χ1n) is 4.18. The molecule has 0 unspecified atom stereocenters. The summed E-state index contributed by atoms with van der Waals surface area (Å²) in [4.78, 5) is 3.95. The van der Waals surface area contributed by atoms with Crippen LogP contribution in [-0.2, 0) is 6.42 Å². The number of anilines is 1. The zero-order chi connectivity index (χ0) is 9.26. The Labute approximate surface area is 75.8 Å². The highest BCUT2D eigenvalue weighted by Crippen LogP contribution is 2.30. The van der Waals surface area contributed by atoms with E-state index in [9.17, 15) is 4.39 Å². The maximum Gasteiger partial charge on any atom is 0.149 e. The minimum Gasteiger partial charge on any atom is -0.350 e. The number of nitrogens with one attached hydrogen (secondary N) is 1. The first-order valence-corrected chi connectivity index (χ1v) is 4.18. The fourth-order valence-electron chi connectivity index (χ4n) is 1.29. The van der Waals surface area contributed by atoms with Crippen LogP contribution >= 0.6 is 0 Å². The lowest BCUT2D eigenvalue weighted by Crippen LogP contribution is -1.97. The van der Waals surface area contributed by atoms with Crippen molar-refractivity contribution in [2.24, 2.45) is 4.99 Å². The molecule has 1 N–H and O–H groups in total. The topological polar surface area (TPSA) is 24.4 Å². The summed E-state index contributed by atoms with van der Waals surface area (Å²) >= 11 is 0. The molecule has 0 saturated heterocycles. The third kappa shape index (κ3) is 1.34. The number of aryl methyl sites for hydroxylation is 1. The molecule has 0 atom stereocenters. The lowest BCUT2D eigenvalue weighted by molar-refractivity contribution is 0.630. The molecule has 2 nitrogen and oxygen atoms in total. The van der Waals surface area contributed by atoms with Crippen LogP contribution in [0.1, 0.15) is 12.5 Å². The third-order valence-electron chi connectivity index (χ3n) is 2.00.